The zero-order valence-corrected chi connectivity index (χ0v) is 15.6. The molecule has 3 nitrogen and oxygen atoms in total. The SMILES string of the molecule is C=CCn1c(SCc2c(F)c(F)c(F)c(F)c2F)nnc1-c1ccc(Cl)cc1. The first-order valence-corrected chi connectivity index (χ1v) is 9.14. The summed E-state index contributed by atoms with van der Waals surface area (Å²) in [6, 6.07) is 6.74. The van der Waals surface area contributed by atoms with E-state index in [1.165, 1.54) is 0 Å². The summed E-state index contributed by atoms with van der Waals surface area (Å²) in [6.07, 6.45) is 1.56. The third-order valence-corrected chi connectivity index (χ3v) is 5.02. The molecule has 0 radical (unpaired) electrons. The Balaban J connectivity index is 1.94. The standard InChI is InChI=1S/C18H11ClF5N3S/c1-2-7-27-17(9-3-5-10(19)6-4-9)25-26-18(27)28-8-11-12(20)14(22)16(24)15(23)13(11)21/h2-6H,1,7-8H2. The molecule has 2 aromatic carbocycles. The van der Waals surface area contributed by atoms with E-state index in [9.17, 15) is 22.0 Å². The molecule has 0 amide bonds. The highest BCUT2D eigenvalue weighted by Crippen LogP contribution is 2.31. The minimum absolute atomic E-state index is 0.230. The Morgan fingerprint density at radius 3 is 2.07 bits per heavy atom. The Morgan fingerprint density at radius 1 is 0.929 bits per heavy atom. The smallest absolute Gasteiger partial charge is 0.200 e. The summed E-state index contributed by atoms with van der Waals surface area (Å²) in [4.78, 5) is 0. The van der Waals surface area contributed by atoms with Gasteiger partial charge in [-0.3, -0.25) is 4.57 Å². The first-order chi connectivity index (χ1) is 13.3. The van der Waals surface area contributed by atoms with Crippen molar-refractivity contribution in [3.8, 4) is 11.4 Å². The van der Waals surface area contributed by atoms with Gasteiger partial charge in [-0.2, -0.15) is 0 Å². The first-order valence-electron chi connectivity index (χ1n) is 7.78. The number of hydrogen-bond donors (Lipinski definition) is 0. The maximum atomic E-state index is 13.9. The molecule has 0 bridgehead atoms. The average molecular weight is 432 g/mol. The Hall–Kier alpha value is -2.39. The highest BCUT2D eigenvalue weighted by Gasteiger charge is 2.26. The van der Waals surface area contributed by atoms with Crippen molar-refractivity contribution in [3.63, 3.8) is 0 Å². The lowest BCUT2D eigenvalue weighted by molar-refractivity contribution is 0.372. The second kappa shape index (κ2) is 8.32. The Labute approximate surface area is 165 Å². The van der Waals surface area contributed by atoms with Gasteiger partial charge in [-0.15, -0.1) is 16.8 Å². The van der Waals surface area contributed by atoms with Crippen molar-refractivity contribution < 1.29 is 22.0 Å². The van der Waals surface area contributed by atoms with Crippen LogP contribution < -0.4 is 0 Å². The van der Waals surface area contributed by atoms with E-state index in [1.807, 2.05) is 0 Å². The summed E-state index contributed by atoms with van der Waals surface area (Å²) in [6.45, 7) is 3.91. The van der Waals surface area contributed by atoms with Gasteiger partial charge in [-0.1, -0.05) is 29.4 Å². The van der Waals surface area contributed by atoms with Gasteiger partial charge < -0.3 is 0 Å². The molecule has 28 heavy (non-hydrogen) atoms. The summed E-state index contributed by atoms with van der Waals surface area (Å²) in [7, 11) is 0. The molecule has 1 heterocycles. The number of hydrogen-bond acceptors (Lipinski definition) is 3. The zero-order valence-electron chi connectivity index (χ0n) is 14.0. The monoisotopic (exact) mass is 431 g/mol. The second-order valence-electron chi connectivity index (χ2n) is 5.55. The number of allylic oxidation sites excluding steroid dienone is 1. The third kappa shape index (κ3) is 3.77. The van der Waals surface area contributed by atoms with Gasteiger partial charge in [0.25, 0.3) is 0 Å². The van der Waals surface area contributed by atoms with Gasteiger partial charge in [0.05, 0.1) is 0 Å². The largest absolute Gasteiger partial charge is 0.298 e. The van der Waals surface area contributed by atoms with Gasteiger partial charge in [-0.05, 0) is 24.3 Å². The molecule has 146 valence electrons. The van der Waals surface area contributed by atoms with E-state index in [-0.39, 0.29) is 11.7 Å². The highest BCUT2D eigenvalue weighted by molar-refractivity contribution is 7.98. The molecule has 0 aliphatic rings. The fourth-order valence-corrected chi connectivity index (χ4v) is 3.48. The van der Waals surface area contributed by atoms with Crippen molar-refractivity contribution in [2.24, 2.45) is 0 Å². The van der Waals surface area contributed by atoms with Crippen molar-refractivity contribution in [2.45, 2.75) is 17.5 Å². The van der Waals surface area contributed by atoms with Gasteiger partial charge >= 0.3 is 0 Å². The number of rotatable bonds is 6. The van der Waals surface area contributed by atoms with Gasteiger partial charge in [0.2, 0.25) is 5.82 Å². The molecule has 0 spiro atoms. The van der Waals surface area contributed by atoms with Gasteiger partial charge in [0, 0.05) is 28.4 Å². The lowest BCUT2D eigenvalue weighted by Gasteiger charge is -2.10. The molecule has 0 atom stereocenters. The molecule has 3 rings (SSSR count). The minimum Gasteiger partial charge on any atom is -0.298 e. The summed E-state index contributed by atoms with van der Waals surface area (Å²) in [5, 5.41) is 8.76. The Morgan fingerprint density at radius 2 is 1.50 bits per heavy atom. The Kier molecular flexibility index (Phi) is 6.04. The van der Waals surface area contributed by atoms with Gasteiger partial charge in [0.15, 0.2) is 34.2 Å². The molecule has 1 aromatic heterocycles. The van der Waals surface area contributed by atoms with E-state index in [0.717, 1.165) is 11.8 Å². The van der Waals surface area contributed by atoms with Crippen LogP contribution in [0.25, 0.3) is 11.4 Å². The molecule has 0 N–H and O–H groups in total. The lowest BCUT2D eigenvalue weighted by Crippen LogP contribution is -2.07. The average Bonchev–Trinajstić information content (AvgIpc) is 3.08. The van der Waals surface area contributed by atoms with E-state index < -0.39 is 40.4 Å². The summed E-state index contributed by atoms with van der Waals surface area (Å²) >= 11 is 6.66. The maximum absolute atomic E-state index is 13.9. The quantitative estimate of drug-likeness (QED) is 0.163. The fourth-order valence-electron chi connectivity index (χ4n) is 2.42. The predicted molar refractivity (Wildman–Crippen MR) is 96.5 cm³/mol. The van der Waals surface area contributed by atoms with Crippen LogP contribution in [-0.4, -0.2) is 14.8 Å². The number of halogens is 6. The number of aromatic nitrogens is 3. The molecule has 0 fully saturated rings. The van der Waals surface area contributed by atoms with Crippen molar-refractivity contribution >= 4 is 23.4 Å². The number of benzene rings is 2. The molecular formula is C18H11ClF5N3S. The van der Waals surface area contributed by atoms with E-state index in [0.29, 0.717) is 16.4 Å². The minimum atomic E-state index is -2.19. The van der Waals surface area contributed by atoms with Crippen LogP contribution in [0.2, 0.25) is 5.02 Å². The summed E-state index contributed by atoms with van der Waals surface area (Å²) < 4.78 is 69.2. The van der Waals surface area contributed by atoms with Crippen LogP contribution in [0.4, 0.5) is 22.0 Å². The lowest BCUT2D eigenvalue weighted by atomic mass is 10.2. The van der Waals surface area contributed by atoms with Crippen LogP contribution in [0, 0.1) is 29.1 Å². The van der Waals surface area contributed by atoms with Gasteiger partial charge in [-0.25, -0.2) is 22.0 Å². The third-order valence-electron chi connectivity index (χ3n) is 3.78. The van der Waals surface area contributed by atoms with Crippen molar-refractivity contribution in [1.82, 2.24) is 14.8 Å². The maximum Gasteiger partial charge on any atom is 0.200 e. The first kappa shape index (κ1) is 20.3. The number of nitrogens with zero attached hydrogens (tertiary/aromatic N) is 3. The topological polar surface area (TPSA) is 30.7 Å². The van der Waals surface area contributed by atoms with Crippen molar-refractivity contribution in [2.75, 3.05) is 0 Å². The van der Waals surface area contributed by atoms with Crippen LogP contribution in [0.3, 0.4) is 0 Å². The Bertz CT molecular complexity index is 1010. The van der Waals surface area contributed by atoms with E-state index in [2.05, 4.69) is 16.8 Å². The van der Waals surface area contributed by atoms with Gasteiger partial charge in [0.1, 0.15) is 0 Å². The molecule has 3 aromatic rings. The summed E-state index contributed by atoms with van der Waals surface area (Å²) in [5.41, 5.74) is -0.246. The second-order valence-corrected chi connectivity index (χ2v) is 6.93. The van der Waals surface area contributed by atoms with Crippen LogP contribution in [0.1, 0.15) is 5.56 Å². The number of thioether (sulfide) groups is 1. The fraction of sp³-hybridized carbons (Fsp3) is 0.111. The predicted octanol–water partition coefficient (Wildman–Crippen LogP) is 5.77. The van der Waals surface area contributed by atoms with E-state index in [1.54, 1.807) is 34.9 Å². The summed E-state index contributed by atoms with van der Waals surface area (Å²) in [5.74, 6) is -9.97. The molecular weight excluding hydrogens is 421 g/mol. The molecule has 0 aliphatic carbocycles. The van der Waals surface area contributed by atoms with Crippen molar-refractivity contribution in [1.29, 1.82) is 0 Å². The van der Waals surface area contributed by atoms with Crippen LogP contribution >= 0.6 is 23.4 Å². The van der Waals surface area contributed by atoms with Crippen LogP contribution in [0.15, 0.2) is 42.1 Å². The van der Waals surface area contributed by atoms with Crippen LogP contribution in [-0.2, 0) is 12.3 Å². The molecule has 0 unspecified atom stereocenters. The zero-order chi connectivity index (χ0) is 20.4. The molecule has 10 heteroatoms. The molecule has 0 aliphatic heterocycles. The normalized spacial score (nSPS) is 11.1. The van der Waals surface area contributed by atoms with Crippen LogP contribution in [0.5, 0.6) is 0 Å². The molecule has 0 saturated carbocycles. The van der Waals surface area contributed by atoms with E-state index >= 15 is 0 Å². The van der Waals surface area contributed by atoms with Crippen molar-refractivity contribution in [3.05, 3.63) is 76.6 Å². The highest BCUT2D eigenvalue weighted by atomic mass is 35.5. The van der Waals surface area contributed by atoms with E-state index in [4.69, 9.17) is 11.6 Å². The molecule has 0 saturated heterocycles.